The first-order chi connectivity index (χ1) is 9.28. The molecular weight excluding hydrogens is 252 g/mol. The smallest absolute Gasteiger partial charge is 0.130 e. The van der Waals surface area contributed by atoms with E-state index in [1.165, 1.54) is 26.1 Å². The van der Waals surface area contributed by atoms with Crippen LogP contribution in [0, 0.1) is 6.92 Å². The Morgan fingerprint density at radius 2 is 1.84 bits per heavy atom. The number of hydrogen-bond acceptors (Lipinski definition) is 2. The summed E-state index contributed by atoms with van der Waals surface area (Å²) in [6.07, 6.45) is 0.937. The Morgan fingerprint density at radius 3 is 2.58 bits per heavy atom. The van der Waals surface area contributed by atoms with Crippen LogP contribution in [0.2, 0.25) is 0 Å². The predicted octanol–water partition coefficient (Wildman–Crippen LogP) is 4.81. The molecule has 0 bridgehead atoms. The molecule has 0 unspecified atom stereocenters. The van der Waals surface area contributed by atoms with E-state index in [2.05, 4.69) is 55.5 Å². The van der Waals surface area contributed by atoms with E-state index in [9.17, 15) is 0 Å². The Hall–Kier alpha value is -1.80. The summed E-state index contributed by atoms with van der Waals surface area (Å²) in [7, 11) is 1.75. The monoisotopic (exact) mass is 268 g/mol. The number of thiophene rings is 1. The van der Waals surface area contributed by atoms with Crippen LogP contribution in [0.3, 0.4) is 0 Å². The van der Waals surface area contributed by atoms with Crippen LogP contribution in [-0.4, -0.2) is 7.11 Å². The lowest BCUT2D eigenvalue weighted by molar-refractivity contribution is 0.416. The summed E-state index contributed by atoms with van der Waals surface area (Å²) in [4.78, 5) is 2.74. The highest BCUT2D eigenvalue weighted by Crippen LogP contribution is 2.32. The molecule has 0 radical (unpaired) electrons. The predicted molar refractivity (Wildman–Crippen MR) is 82.4 cm³/mol. The van der Waals surface area contributed by atoms with E-state index in [1.807, 2.05) is 11.3 Å². The first-order valence-electron chi connectivity index (χ1n) is 6.38. The summed E-state index contributed by atoms with van der Waals surface area (Å²) in [6.45, 7) is 2.14. The zero-order chi connectivity index (χ0) is 13.2. The quantitative estimate of drug-likeness (QED) is 0.662. The number of ether oxygens (including phenoxy) is 1. The maximum Gasteiger partial charge on any atom is 0.130 e. The number of benzene rings is 2. The molecule has 2 aromatic carbocycles. The fourth-order valence-electron chi connectivity index (χ4n) is 2.44. The van der Waals surface area contributed by atoms with E-state index < -0.39 is 0 Å². The molecule has 0 N–H and O–H groups in total. The highest BCUT2D eigenvalue weighted by atomic mass is 32.1. The van der Waals surface area contributed by atoms with Crippen LogP contribution in [0.1, 0.15) is 15.3 Å². The molecule has 96 valence electrons. The van der Waals surface area contributed by atoms with Gasteiger partial charge < -0.3 is 4.74 Å². The topological polar surface area (TPSA) is 9.23 Å². The van der Waals surface area contributed by atoms with Crippen LogP contribution in [0.15, 0.2) is 48.5 Å². The second-order valence-corrected chi connectivity index (χ2v) is 6.04. The lowest BCUT2D eigenvalue weighted by Crippen LogP contribution is -1.93. The minimum atomic E-state index is 0.937. The van der Waals surface area contributed by atoms with Crippen molar-refractivity contribution >= 4 is 22.1 Å². The number of rotatable bonds is 3. The number of fused-ring (bicyclic) bond motifs is 1. The molecule has 2 heteroatoms. The zero-order valence-electron chi connectivity index (χ0n) is 11.1. The molecule has 0 aliphatic rings. The molecule has 0 fully saturated rings. The van der Waals surface area contributed by atoms with Crippen LogP contribution in [0.5, 0.6) is 5.75 Å². The van der Waals surface area contributed by atoms with Gasteiger partial charge in [-0.25, -0.2) is 0 Å². The first kappa shape index (κ1) is 12.2. The number of hydrogen-bond donors (Lipinski definition) is 0. The van der Waals surface area contributed by atoms with E-state index in [0.29, 0.717) is 0 Å². The molecule has 0 saturated carbocycles. The molecule has 0 spiro atoms. The summed E-state index contributed by atoms with van der Waals surface area (Å²) in [5.41, 5.74) is 1.25. The van der Waals surface area contributed by atoms with Crippen LogP contribution in [0.25, 0.3) is 10.8 Å². The summed E-state index contributed by atoms with van der Waals surface area (Å²) < 4.78 is 5.64. The molecule has 0 saturated heterocycles. The molecule has 0 aliphatic heterocycles. The van der Waals surface area contributed by atoms with Crippen molar-refractivity contribution in [1.29, 1.82) is 0 Å². The van der Waals surface area contributed by atoms with Gasteiger partial charge in [-0.2, -0.15) is 0 Å². The Balaban J connectivity index is 2.08. The summed E-state index contributed by atoms with van der Waals surface area (Å²) >= 11 is 1.85. The van der Waals surface area contributed by atoms with Crippen molar-refractivity contribution in [2.24, 2.45) is 0 Å². The number of methoxy groups -OCH3 is 1. The van der Waals surface area contributed by atoms with Crippen molar-refractivity contribution in [3.63, 3.8) is 0 Å². The normalized spacial score (nSPS) is 10.8. The first-order valence-corrected chi connectivity index (χ1v) is 7.19. The van der Waals surface area contributed by atoms with Crippen molar-refractivity contribution < 1.29 is 4.74 Å². The van der Waals surface area contributed by atoms with Gasteiger partial charge in [-0.15, -0.1) is 11.3 Å². The third kappa shape index (κ3) is 2.36. The Labute approximate surface area is 117 Å². The molecule has 1 nitrogen and oxygen atoms in total. The minimum absolute atomic E-state index is 0.937. The zero-order valence-corrected chi connectivity index (χ0v) is 12.0. The molecule has 19 heavy (non-hydrogen) atoms. The molecule has 0 aliphatic carbocycles. The minimum Gasteiger partial charge on any atom is -0.496 e. The highest BCUT2D eigenvalue weighted by molar-refractivity contribution is 7.11. The largest absolute Gasteiger partial charge is 0.496 e. The maximum atomic E-state index is 5.64. The average molecular weight is 268 g/mol. The maximum absolute atomic E-state index is 5.64. The van der Waals surface area contributed by atoms with Crippen LogP contribution in [-0.2, 0) is 6.42 Å². The van der Waals surface area contributed by atoms with Gasteiger partial charge in [0.15, 0.2) is 0 Å². The van der Waals surface area contributed by atoms with Gasteiger partial charge in [0.25, 0.3) is 0 Å². The number of aryl methyl sites for hydroxylation is 1. The van der Waals surface area contributed by atoms with Gasteiger partial charge in [0, 0.05) is 21.6 Å². The van der Waals surface area contributed by atoms with Crippen molar-refractivity contribution in [2.75, 3.05) is 7.11 Å². The highest BCUT2D eigenvalue weighted by Gasteiger charge is 2.09. The lowest BCUT2D eigenvalue weighted by Gasteiger charge is -2.11. The molecule has 1 heterocycles. The van der Waals surface area contributed by atoms with Crippen molar-refractivity contribution in [1.82, 2.24) is 0 Å². The fraction of sp³-hybridized carbons (Fsp3) is 0.176. The molecule has 1 aromatic heterocycles. The van der Waals surface area contributed by atoms with Gasteiger partial charge in [0.2, 0.25) is 0 Å². The summed E-state index contributed by atoms with van der Waals surface area (Å²) in [5.74, 6) is 1.00. The third-order valence-electron chi connectivity index (χ3n) is 3.33. The second-order valence-electron chi connectivity index (χ2n) is 4.67. The average Bonchev–Trinajstić information content (AvgIpc) is 2.84. The lowest BCUT2D eigenvalue weighted by atomic mass is 10.0. The second kappa shape index (κ2) is 5.06. The van der Waals surface area contributed by atoms with Gasteiger partial charge >= 0.3 is 0 Å². The van der Waals surface area contributed by atoms with Gasteiger partial charge in [0.05, 0.1) is 7.11 Å². The molecule has 0 atom stereocenters. The Bertz CT molecular complexity index is 712. The third-order valence-corrected chi connectivity index (χ3v) is 4.33. The standard InChI is InChI=1S/C17H16OS/c1-12-7-10-15(19-12)11-14-9-8-13-5-3-4-6-16(13)17(14)18-2/h3-10H,11H2,1-2H3. The van der Waals surface area contributed by atoms with E-state index >= 15 is 0 Å². The van der Waals surface area contributed by atoms with Crippen molar-refractivity contribution in [3.05, 3.63) is 63.8 Å². The van der Waals surface area contributed by atoms with Gasteiger partial charge in [-0.1, -0.05) is 36.4 Å². The van der Waals surface area contributed by atoms with E-state index in [4.69, 9.17) is 4.74 Å². The molecular formula is C17H16OS. The molecule has 3 aromatic rings. The van der Waals surface area contributed by atoms with Gasteiger partial charge in [0.1, 0.15) is 5.75 Å². The van der Waals surface area contributed by atoms with Crippen molar-refractivity contribution in [3.8, 4) is 5.75 Å². The van der Waals surface area contributed by atoms with E-state index in [-0.39, 0.29) is 0 Å². The van der Waals surface area contributed by atoms with Crippen LogP contribution >= 0.6 is 11.3 Å². The molecule has 0 amide bonds. The van der Waals surface area contributed by atoms with Gasteiger partial charge in [-0.3, -0.25) is 0 Å². The van der Waals surface area contributed by atoms with E-state index in [0.717, 1.165) is 12.2 Å². The summed E-state index contributed by atoms with van der Waals surface area (Å²) in [6, 6.07) is 17.1. The van der Waals surface area contributed by atoms with Crippen molar-refractivity contribution in [2.45, 2.75) is 13.3 Å². The van der Waals surface area contributed by atoms with Gasteiger partial charge in [-0.05, 0) is 30.0 Å². The SMILES string of the molecule is COc1c(Cc2ccc(C)s2)ccc2ccccc12. The van der Waals surface area contributed by atoms with Crippen LogP contribution < -0.4 is 4.74 Å². The molecule has 3 rings (SSSR count). The fourth-order valence-corrected chi connectivity index (χ4v) is 3.35. The van der Waals surface area contributed by atoms with E-state index in [1.54, 1.807) is 7.11 Å². The Morgan fingerprint density at radius 1 is 1.00 bits per heavy atom. The van der Waals surface area contributed by atoms with Crippen LogP contribution in [0.4, 0.5) is 0 Å². The summed E-state index contributed by atoms with van der Waals surface area (Å²) in [5, 5.41) is 2.42. The Kier molecular flexibility index (Phi) is 3.26.